The van der Waals surface area contributed by atoms with Crippen LogP contribution in [0.25, 0.3) is 6.08 Å². The number of hydrogen-bond donors (Lipinski definition) is 0. The predicted octanol–water partition coefficient (Wildman–Crippen LogP) is 3.06. The Hall–Kier alpha value is -1.59. The van der Waals surface area contributed by atoms with Crippen molar-refractivity contribution in [3.8, 4) is 6.07 Å². The van der Waals surface area contributed by atoms with Crippen LogP contribution in [0.15, 0.2) is 29.8 Å². The largest absolute Gasteiger partial charge is 0.303 e. The van der Waals surface area contributed by atoms with Gasteiger partial charge < -0.3 is 4.90 Å². The summed E-state index contributed by atoms with van der Waals surface area (Å²) in [6.45, 7) is 5.73. The Labute approximate surface area is 103 Å². The van der Waals surface area contributed by atoms with Crippen molar-refractivity contribution in [2.45, 2.75) is 19.8 Å². The Balaban J connectivity index is 2.02. The molecule has 0 unspecified atom stereocenters. The van der Waals surface area contributed by atoms with Crippen LogP contribution in [0.1, 0.15) is 30.9 Å². The Morgan fingerprint density at radius 2 is 1.88 bits per heavy atom. The van der Waals surface area contributed by atoms with Gasteiger partial charge in [-0.25, -0.2) is 0 Å². The normalized spacial score (nSPS) is 16.6. The average Bonchev–Trinajstić information content (AvgIpc) is 2.40. The van der Waals surface area contributed by atoms with E-state index < -0.39 is 0 Å². The van der Waals surface area contributed by atoms with E-state index in [-0.39, 0.29) is 0 Å². The third kappa shape index (κ3) is 3.18. The SMILES string of the molecule is CCN1CCC(=Cc2ccc(C#N)cc2)CC1. The standard InChI is InChI=1S/C15H18N2/c1-2-17-9-7-14(8-10-17)11-13-3-5-15(12-16)6-4-13/h3-6,11H,2,7-10H2,1H3. The summed E-state index contributed by atoms with van der Waals surface area (Å²) in [5.41, 5.74) is 3.47. The van der Waals surface area contributed by atoms with Gasteiger partial charge in [0.25, 0.3) is 0 Å². The average molecular weight is 226 g/mol. The number of hydrogen-bond acceptors (Lipinski definition) is 2. The van der Waals surface area contributed by atoms with E-state index in [1.165, 1.54) is 37.1 Å². The van der Waals surface area contributed by atoms with Crippen LogP contribution >= 0.6 is 0 Å². The molecule has 88 valence electrons. The third-order valence-electron chi connectivity index (χ3n) is 3.36. The molecule has 2 rings (SSSR count). The second-order valence-electron chi connectivity index (χ2n) is 4.47. The molecule has 0 aromatic heterocycles. The second-order valence-corrected chi connectivity index (χ2v) is 4.47. The van der Waals surface area contributed by atoms with Gasteiger partial charge in [0.1, 0.15) is 0 Å². The lowest BCUT2D eigenvalue weighted by Gasteiger charge is -2.26. The molecular weight excluding hydrogens is 208 g/mol. The van der Waals surface area contributed by atoms with Crippen LogP contribution in [-0.2, 0) is 0 Å². The molecule has 0 saturated carbocycles. The van der Waals surface area contributed by atoms with Gasteiger partial charge >= 0.3 is 0 Å². The minimum absolute atomic E-state index is 0.730. The molecular formula is C15H18N2. The van der Waals surface area contributed by atoms with Crippen LogP contribution in [-0.4, -0.2) is 24.5 Å². The third-order valence-corrected chi connectivity index (χ3v) is 3.36. The fourth-order valence-electron chi connectivity index (χ4n) is 2.19. The lowest BCUT2D eigenvalue weighted by Crippen LogP contribution is -2.30. The highest BCUT2D eigenvalue weighted by molar-refractivity contribution is 5.54. The van der Waals surface area contributed by atoms with Gasteiger partial charge in [0, 0.05) is 13.1 Å². The first-order valence-corrected chi connectivity index (χ1v) is 6.24. The maximum Gasteiger partial charge on any atom is 0.0991 e. The van der Waals surface area contributed by atoms with E-state index in [2.05, 4.69) is 24.0 Å². The molecule has 1 saturated heterocycles. The molecule has 2 nitrogen and oxygen atoms in total. The fraction of sp³-hybridized carbons (Fsp3) is 0.400. The maximum absolute atomic E-state index is 8.74. The fourth-order valence-corrected chi connectivity index (χ4v) is 2.19. The summed E-state index contributed by atoms with van der Waals surface area (Å²) >= 11 is 0. The molecule has 1 aromatic rings. The topological polar surface area (TPSA) is 27.0 Å². The van der Waals surface area contributed by atoms with Gasteiger partial charge in [-0.1, -0.05) is 30.7 Å². The molecule has 1 aromatic carbocycles. The number of likely N-dealkylation sites (tertiary alicyclic amines) is 1. The van der Waals surface area contributed by atoms with Crippen molar-refractivity contribution in [3.05, 3.63) is 41.0 Å². The van der Waals surface area contributed by atoms with Gasteiger partial charge in [-0.2, -0.15) is 5.26 Å². The van der Waals surface area contributed by atoms with Crippen LogP contribution in [0.4, 0.5) is 0 Å². The molecule has 0 spiro atoms. The van der Waals surface area contributed by atoms with E-state index in [1.54, 1.807) is 0 Å². The van der Waals surface area contributed by atoms with Gasteiger partial charge in [0.2, 0.25) is 0 Å². The van der Waals surface area contributed by atoms with Crippen molar-refractivity contribution in [2.24, 2.45) is 0 Å². The van der Waals surface area contributed by atoms with Crippen LogP contribution in [0.3, 0.4) is 0 Å². The van der Waals surface area contributed by atoms with Crippen molar-refractivity contribution in [2.75, 3.05) is 19.6 Å². The molecule has 0 radical (unpaired) electrons. The zero-order valence-corrected chi connectivity index (χ0v) is 10.3. The molecule has 0 aliphatic carbocycles. The monoisotopic (exact) mass is 226 g/mol. The molecule has 1 aliphatic heterocycles. The molecule has 2 heteroatoms. The molecule has 0 atom stereocenters. The molecule has 0 amide bonds. The minimum atomic E-state index is 0.730. The summed E-state index contributed by atoms with van der Waals surface area (Å²) in [4.78, 5) is 2.48. The zero-order chi connectivity index (χ0) is 12.1. The Kier molecular flexibility index (Phi) is 3.95. The second kappa shape index (κ2) is 5.65. The van der Waals surface area contributed by atoms with Gasteiger partial charge in [-0.15, -0.1) is 0 Å². The summed E-state index contributed by atoms with van der Waals surface area (Å²) in [5, 5.41) is 8.74. The smallest absolute Gasteiger partial charge is 0.0991 e. The number of nitriles is 1. The van der Waals surface area contributed by atoms with Crippen LogP contribution in [0.2, 0.25) is 0 Å². The summed E-state index contributed by atoms with van der Waals surface area (Å²) in [5.74, 6) is 0. The van der Waals surface area contributed by atoms with E-state index in [4.69, 9.17) is 5.26 Å². The molecule has 0 N–H and O–H groups in total. The predicted molar refractivity (Wildman–Crippen MR) is 70.5 cm³/mol. The quantitative estimate of drug-likeness (QED) is 0.775. The summed E-state index contributed by atoms with van der Waals surface area (Å²) in [7, 11) is 0. The van der Waals surface area contributed by atoms with Gasteiger partial charge in [-0.3, -0.25) is 0 Å². The van der Waals surface area contributed by atoms with Gasteiger partial charge in [-0.05, 0) is 37.1 Å². The summed E-state index contributed by atoms with van der Waals surface area (Å²) in [6, 6.07) is 9.96. The van der Waals surface area contributed by atoms with E-state index in [0.29, 0.717) is 0 Å². The molecule has 1 fully saturated rings. The molecule has 1 aliphatic rings. The van der Waals surface area contributed by atoms with Crippen molar-refractivity contribution < 1.29 is 0 Å². The first kappa shape index (κ1) is 11.9. The van der Waals surface area contributed by atoms with Crippen LogP contribution in [0.5, 0.6) is 0 Å². The van der Waals surface area contributed by atoms with Crippen molar-refractivity contribution >= 4 is 6.08 Å². The van der Waals surface area contributed by atoms with E-state index in [0.717, 1.165) is 12.1 Å². The van der Waals surface area contributed by atoms with Crippen molar-refractivity contribution in [3.63, 3.8) is 0 Å². The first-order valence-electron chi connectivity index (χ1n) is 6.24. The highest BCUT2D eigenvalue weighted by Crippen LogP contribution is 2.19. The van der Waals surface area contributed by atoms with Gasteiger partial charge in [0.05, 0.1) is 11.6 Å². The lowest BCUT2D eigenvalue weighted by molar-refractivity contribution is 0.270. The van der Waals surface area contributed by atoms with Crippen molar-refractivity contribution in [1.82, 2.24) is 4.90 Å². The van der Waals surface area contributed by atoms with Crippen molar-refractivity contribution in [1.29, 1.82) is 5.26 Å². The Morgan fingerprint density at radius 1 is 1.24 bits per heavy atom. The number of benzene rings is 1. The number of piperidine rings is 1. The highest BCUT2D eigenvalue weighted by atomic mass is 15.1. The lowest BCUT2D eigenvalue weighted by atomic mass is 10.0. The Bertz CT molecular complexity index is 427. The van der Waals surface area contributed by atoms with Crippen LogP contribution < -0.4 is 0 Å². The Morgan fingerprint density at radius 3 is 2.41 bits per heavy atom. The zero-order valence-electron chi connectivity index (χ0n) is 10.3. The van der Waals surface area contributed by atoms with Gasteiger partial charge in [0.15, 0.2) is 0 Å². The van der Waals surface area contributed by atoms with Crippen LogP contribution in [0, 0.1) is 11.3 Å². The summed E-state index contributed by atoms with van der Waals surface area (Å²) in [6.07, 6.45) is 4.62. The summed E-state index contributed by atoms with van der Waals surface area (Å²) < 4.78 is 0. The number of nitrogens with zero attached hydrogens (tertiary/aromatic N) is 2. The highest BCUT2D eigenvalue weighted by Gasteiger charge is 2.11. The van der Waals surface area contributed by atoms with E-state index >= 15 is 0 Å². The van der Waals surface area contributed by atoms with E-state index in [9.17, 15) is 0 Å². The molecule has 0 bridgehead atoms. The van der Waals surface area contributed by atoms with E-state index in [1.807, 2.05) is 24.3 Å². The first-order chi connectivity index (χ1) is 8.31. The minimum Gasteiger partial charge on any atom is -0.303 e. The number of rotatable bonds is 2. The molecule has 17 heavy (non-hydrogen) atoms. The maximum atomic E-state index is 8.74. The molecule has 1 heterocycles.